The molecule has 0 amide bonds. The highest BCUT2D eigenvalue weighted by molar-refractivity contribution is 6.08. The van der Waals surface area contributed by atoms with E-state index in [4.69, 9.17) is 0 Å². The number of H-pyrrole nitrogens is 1. The first kappa shape index (κ1) is 9.28. The number of fused-ring (bicyclic) bond motifs is 3. The summed E-state index contributed by atoms with van der Waals surface area (Å²) in [7, 11) is 4.13. The Balaban J connectivity index is 2.40. The van der Waals surface area contributed by atoms with Gasteiger partial charge in [0.25, 0.3) is 0 Å². The molecule has 1 heterocycles. The van der Waals surface area contributed by atoms with Crippen LogP contribution in [0.1, 0.15) is 0 Å². The number of hydrogen-bond acceptors (Lipinski definition) is 1. The van der Waals surface area contributed by atoms with E-state index in [1.807, 2.05) is 0 Å². The van der Waals surface area contributed by atoms with Crippen LogP contribution in [0.15, 0.2) is 42.5 Å². The number of para-hydroxylation sites is 1. The summed E-state index contributed by atoms with van der Waals surface area (Å²) in [6.45, 7) is 0. The summed E-state index contributed by atoms with van der Waals surface area (Å²) in [5.41, 5.74) is 3.64. The Labute approximate surface area is 94.5 Å². The standard InChI is InChI=1S/C14H14N2/c1-16(2)10-7-8-14-12(9-10)11-5-3-4-6-13(11)15-14/h3-9,15H,1-2H3. The monoisotopic (exact) mass is 210 g/mol. The molecule has 2 heteroatoms. The van der Waals surface area contributed by atoms with E-state index in [9.17, 15) is 0 Å². The summed E-state index contributed by atoms with van der Waals surface area (Å²) in [6.07, 6.45) is 0. The van der Waals surface area contributed by atoms with Crippen LogP contribution >= 0.6 is 0 Å². The lowest BCUT2D eigenvalue weighted by Gasteiger charge is -2.11. The Bertz CT molecular complexity index is 650. The predicted molar refractivity (Wildman–Crippen MR) is 70.1 cm³/mol. The topological polar surface area (TPSA) is 19.0 Å². The minimum atomic E-state index is 1.20. The fourth-order valence-electron chi connectivity index (χ4n) is 2.11. The zero-order valence-electron chi connectivity index (χ0n) is 9.49. The van der Waals surface area contributed by atoms with E-state index in [1.165, 1.54) is 27.5 Å². The maximum absolute atomic E-state index is 3.43. The van der Waals surface area contributed by atoms with Crippen molar-refractivity contribution in [3.63, 3.8) is 0 Å². The second-order valence-corrected chi connectivity index (χ2v) is 4.29. The molecule has 2 nitrogen and oxygen atoms in total. The van der Waals surface area contributed by atoms with E-state index in [0.29, 0.717) is 0 Å². The number of nitrogens with one attached hydrogen (secondary N) is 1. The number of aromatic amines is 1. The molecule has 0 bridgehead atoms. The molecule has 1 N–H and O–H groups in total. The number of hydrogen-bond donors (Lipinski definition) is 1. The molecule has 3 rings (SSSR count). The number of anilines is 1. The number of benzene rings is 2. The highest BCUT2D eigenvalue weighted by Gasteiger charge is 2.04. The average Bonchev–Trinajstić information content (AvgIpc) is 2.66. The molecular formula is C14H14N2. The Morgan fingerprint density at radius 1 is 0.875 bits per heavy atom. The van der Waals surface area contributed by atoms with Crippen LogP contribution in [0.2, 0.25) is 0 Å². The average molecular weight is 210 g/mol. The SMILES string of the molecule is CN(C)c1ccc2[nH]c3ccccc3c2c1. The van der Waals surface area contributed by atoms with Crippen LogP contribution in [0, 0.1) is 0 Å². The minimum absolute atomic E-state index is 1.20. The van der Waals surface area contributed by atoms with Crippen molar-refractivity contribution >= 4 is 27.5 Å². The van der Waals surface area contributed by atoms with Gasteiger partial charge in [-0.3, -0.25) is 0 Å². The van der Waals surface area contributed by atoms with Crippen molar-refractivity contribution in [2.45, 2.75) is 0 Å². The molecule has 0 saturated heterocycles. The summed E-state index contributed by atoms with van der Waals surface area (Å²) >= 11 is 0. The fraction of sp³-hybridized carbons (Fsp3) is 0.143. The molecule has 0 unspecified atom stereocenters. The Hall–Kier alpha value is -1.96. The summed E-state index contributed by atoms with van der Waals surface area (Å²) in [6, 6.07) is 14.9. The van der Waals surface area contributed by atoms with Gasteiger partial charge in [-0.1, -0.05) is 18.2 Å². The first-order chi connectivity index (χ1) is 7.75. The second-order valence-electron chi connectivity index (χ2n) is 4.29. The Morgan fingerprint density at radius 2 is 1.62 bits per heavy atom. The summed E-state index contributed by atoms with van der Waals surface area (Å²) in [5, 5.41) is 2.59. The molecule has 16 heavy (non-hydrogen) atoms. The molecule has 1 aromatic heterocycles. The number of nitrogens with zero attached hydrogens (tertiary/aromatic N) is 1. The molecule has 0 radical (unpaired) electrons. The lowest BCUT2D eigenvalue weighted by molar-refractivity contribution is 1.14. The molecule has 0 fully saturated rings. The highest BCUT2D eigenvalue weighted by atomic mass is 15.1. The Morgan fingerprint density at radius 3 is 2.44 bits per heavy atom. The van der Waals surface area contributed by atoms with Crippen molar-refractivity contribution in [3.05, 3.63) is 42.5 Å². The molecular weight excluding hydrogens is 196 g/mol. The van der Waals surface area contributed by atoms with Gasteiger partial charge in [0.15, 0.2) is 0 Å². The van der Waals surface area contributed by atoms with Gasteiger partial charge in [0, 0.05) is 41.6 Å². The van der Waals surface area contributed by atoms with E-state index in [2.05, 4.69) is 66.4 Å². The van der Waals surface area contributed by atoms with Gasteiger partial charge < -0.3 is 9.88 Å². The largest absolute Gasteiger partial charge is 0.378 e. The van der Waals surface area contributed by atoms with E-state index < -0.39 is 0 Å². The van der Waals surface area contributed by atoms with Crippen LogP contribution in [-0.4, -0.2) is 19.1 Å². The second kappa shape index (κ2) is 3.27. The van der Waals surface area contributed by atoms with Gasteiger partial charge in [-0.15, -0.1) is 0 Å². The molecule has 0 aliphatic rings. The van der Waals surface area contributed by atoms with Gasteiger partial charge in [-0.2, -0.15) is 0 Å². The molecule has 0 saturated carbocycles. The van der Waals surface area contributed by atoms with Gasteiger partial charge >= 0.3 is 0 Å². The lowest BCUT2D eigenvalue weighted by Crippen LogP contribution is -2.07. The van der Waals surface area contributed by atoms with Crippen LogP contribution in [0.4, 0.5) is 5.69 Å². The molecule has 0 aliphatic heterocycles. The van der Waals surface area contributed by atoms with Crippen LogP contribution < -0.4 is 4.90 Å². The third-order valence-corrected chi connectivity index (χ3v) is 3.01. The summed E-state index contributed by atoms with van der Waals surface area (Å²) < 4.78 is 0. The van der Waals surface area contributed by atoms with Crippen molar-refractivity contribution in [2.24, 2.45) is 0 Å². The maximum Gasteiger partial charge on any atom is 0.0466 e. The van der Waals surface area contributed by atoms with Gasteiger partial charge in [-0.25, -0.2) is 0 Å². The normalized spacial score (nSPS) is 11.1. The van der Waals surface area contributed by atoms with E-state index in [-0.39, 0.29) is 0 Å². The van der Waals surface area contributed by atoms with Crippen LogP contribution in [0.3, 0.4) is 0 Å². The van der Waals surface area contributed by atoms with Gasteiger partial charge in [-0.05, 0) is 24.3 Å². The smallest absolute Gasteiger partial charge is 0.0466 e. The number of rotatable bonds is 1. The van der Waals surface area contributed by atoms with Crippen molar-refractivity contribution < 1.29 is 0 Å². The van der Waals surface area contributed by atoms with Crippen molar-refractivity contribution in [1.82, 2.24) is 4.98 Å². The molecule has 80 valence electrons. The Kier molecular flexibility index (Phi) is 1.90. The number of aromatic nitrogens is 1. The van der Waals surface area contributed by atoms with Crippen LogP contribution in [0.5, 0.6) is 0 Å². The zero-order chi connectivity index (χ0) is 11.1. The first-order valence-corrected chi connectivity index (χ1v) is 5.43. The van der Waals surface area contributed by atoms with Crippen molar-refractivity contribution in [1.29, 1.82) is 0 Å². The van der Waals surface area contributed by atoms with Gasteiger partial charge in [0.1, 0.15) is 0 Å². The molecule has 2 aromatic carbocycles. The first-order valence-electron chi connectivity index (χ1n) is 5.43. The highest BCUT2D eigenvalue weighted by Crippen LogP contribution is 2.28. The van der Waals surface area contributed by atoms with Gasteiger partial charge in [0.05, 0.1) is 0 Å². The van der Waals surface area contributed by atoms with E-state index >= 15 is 0 Å². The van der Waals surface area contributed by atoms with E-state index in [0.717, 1.165) is 0 Å². The zero-order valence-corrected chi connectivity index (χ0v) is 9.49. The predicted octanol–water partition coefficient (Wildman–Crippen LogP) is 3.39. The molecule has 0 atom stereocenters. The molecule has 0 aliphatic carbocycles. The quantitative estimate of drug-likeness (QED) is 0.652. The van der Waals surface area contributed by atoms with Crippen LogP contribution in [0.25, 0.3) is 21.8 Å². The third kappa shape index (κ3) is 1.27. The lowest BCUT2D eigenvalue weighted by atomic mass is 10.1. The van der Waals surface area contributed by atoms with Crippen molar-refractivity contribution in [3.8, 4) is 0 Å². The maximum atomic E-state index is 3.43. The summed E-state index contributed by atoms with van der Waals surface area (Å²) in [5.74, 6) is 0. The van der Waals surface area contributed by atoms with Gasteiger partial charge in [0.2, 0.25) is 0 Å². The van der Waals surface area contributed by atoms with Crippen molar-refractivity contribution in [2.75, 3.05) is 19.0 Å². The fourth-order valence-corrected chi connectivity index (χ4v) is 2.11. The van der Waals surface area contributed by atoms with E-state index in [1.54, 1.807) is 0 Å². The van der Waals surface area contributed by atoms with Crippen LogP contribution in [-0.2, 0) is 0 Å². The third-order valence-electron chi connectivity index (χ3n) is 3.01. The minimum Gasteiger partial charge on any atom is -0.378 e. The molecule has 3 aromatic rings. The summed E-state index contributed by atoms with van der Waals surface area (Å²) in [4.78, 5) is 5.55. The molecule has 0 spiro atoms.